The van der Waals surface area contributed by atoms with E-state index in [1.807, 2.05) is 31.0 Å². The molecule has 15 heteroatoms. The molecule has 0 bridgehead atoms. The molecule has 41 heavy (non-hydrogen) atoms. The highest BCUT2D eigenvalue weighted by Gasteiger charge is 2.38. The number of aryl methyl sites for hydroxylation is 1. The normalized spacial score (nSPS) is 15.0. The summed E-state index contributed by atoms with van der Waals surface area (Å²) in [6.07, 6.45) is -4.07. The highest BCUT2D eigenvalue weighted by Crippen LogP contribution is 2.24. The van der Waals surface area contributed by atoms with Gasteiger partial charge in [-0.05, 0) is 43.0 Å². The molecule has 228 valence electrons. The van der Waals surface area contributed by atoms with E-state index in [2.05, 4.69) is 57.0 Å². The zero-order valence-electron chi connectivity index (χ0n) is 24.1. The molecule has 2 heterocycles. The Labute approximate surface area is 237 Å². The lowest BCUT2D eigenvalue weighted by Crippen LogP contribution is -2.31. The molecule has 1 aromatic carbocycles. The van der Waals surface area contributed by atoms with Gasteiger partial charge in [0.2, 0.25) is 17.8 Å². The molecule has 3 rings (SSSR count). The van der Waals surface area contributed by atoms with E-state index in [9.17, 15) is 18.0 Å². The number of aromatic nitrogens is 3. The average molecular weight is 585 g/mol. The Hall–Kier alpha value is -3.72. The van der Waals surface area contributed by atoms with Gasteiger partial charge in [-0.15, -0.1) is 0 Å². The maximum Gasteiger partial charge on any atom is 0.490 e. The van der Waals surface area contributed by atoms with Gasteiger partial charge in [0.25, 0.3) is 5.91 Å². The number of rotatable bonds is 10. The molecule has 1 aliphatic rings. The Bertz CT molecular complexity index is 1170. The van der Waals surface area contributed by atoms with Gasteiger partial charge < -0.3 is 36.0 Å². The van der Waals surface area contributed by atoms with E-state index < -0.39 is 12.1 Å². The number of hydrogen-bond donors (Lipinski definition) is 5. The molecule has 5 N–H and O–H groups in total. The molecule has 1 aliphatic heterocycles. The van der Waals surface area contributed by atoms with Gasteiger partial charge in [-0.2, -0.15) is 28.1 Å². The first kappa shape index (κ1) is 33.5. The number of ether oxygens (including phenoxy) is 1. The van der Waals surface area contributed by atoms with Crippen molar-refractivity contribution in [3.63, 3.8) is 0 Å². The van der Waals surface area contributed by atoms with E-state index in [0.717, 1.165) is 37.3 Å². The summed E-state index contributed by atoms with van der Waals surface area (Å²) in [7, 11) is 3.59. The average Bonchev–Trinajstić information content (AvgIpc) is 3.37. The van der Waals surface area contributed by atoms with Crippen LogP contribution in [0.3, 0.4) is 0 Å². The number of alkyl halides is 3. The van der Waals surface area contributed by atoms with Crippen LogP contribution in [0.4, 0.5) is 36.7 Å². The van der Waals surface area contributed by atoms with Crippen LogP contribution in [0.15, 0.2) is 18.2 Å². The highest BCUT2D eigenvalue weighted by atomic mass is 19.4. The third-order valence-electron chi connectivity index (χ3n) is 5.65. The molecule has 0 unspecified atom stereocenters. The lowest BCUT2D eigenvalue weighted by molar-refractivity contribution is -0.192. The van der Waals surface area contributed by atoms with Crippen molar-refractivity contribution >= 4 is 35.4 Å². The number of carboxylic acid groups (broad SMARTS) is 1. The number of nitrogens with one attached hydrogen (secondary N) is 4. The van der Waals surface area contributed by atoms with Crippen LogP contribution >= 0.6 is 0 Å². The van der Waals surface area contributed by atoms with Gasteiger partial charge in [-0.3, -0.25) is 4.79 Å². The SMILES string of the molecule is COCCNC(=O)c1ccc(C)c(Nc2nc(N[C@@H]3CCNC3)nc(N(C)CC(C)(C)C)n2)c1.O=C(O)C(F)(F)F. The molecule has 1 aromatic heterocycles. The van der Waals surface area contributed by atoms with Gasteiger partial charge in [0.1, 0.15) is 0 Å². The van der Waals surface area contributed by atoms with Crippen molar-refractivity contribution in [3.8, 4) is 0 Å². The van der Waals surface area contributed by atoms with Gasteiger partial charge in [-0.25, -0.2) is 4.79 Å². The van der Waals surface area contributed by atoms with Crippen molar-refractivity contribution in [2.45, 2.75) is 46.3 Å². The number of halogens is 3. The number of aliphatic carboxylic acids is 1. The predicted molar refractivity (Wildman–Crippen MR) is 150 cm³/mol. The number of hydrogen-bond acceptors (Lipinski definition) is 10. The number of methoxy groups -OCH3 is 1. The van der Waals surface area contributed by atoms with Gasteiger partial charge in [0.15, 0.2) is 0 Å². The third-order valence-corrected chi connectivity index (χ3v) is 5.65. The van der Waals surface area contributed by atoms with Crippen LogP contribution in [0.1, 0.15) is 43.1 Å². The maximum atomic E-state index is 12.5. The Morgan fingerprint density at radius 3 is 2.39 bits per heavy atom. The highest BCUT2D eigenvalue weighted by molar-refractivity contribution is 5.95. The fourth-order valence-electron chi connectivity index (χ4n) is 3.79. The Kier molecular flexibility index (Phi) is 12.1. The third kappa shape index (κ3) is 11.7. The van der Waals surface area contributed by atoms with Gasteiger partial charge >= 0.3 is 12.1 Å². The van der Waals surface area contributed by atoms with Crippen LogP contribution in [0.2, 0.25) is 0 Å². The summed E-state index contributed by atoms with van der Waals surface area (Å²) in [5, 5.41) is 20.1. The summed E-state index contributed by atoms with van der Waals surface area (Å²) in [4.78, 5) is 37.4. The summed E-state index contributed by atoms with van der Waals surface area (Å²) < 4.78 is 36.7. The molecule has 2 aromatic rings. The zero-order valence-corrected chi connectivity index (χ0v) is 24.1. The smallest absolute Gasteiger partial charge is 0.475 e. The van der Waals surface area contributed by atoms with Crippen LogP contribution in [-0.4, -0.2) is 91.1 Å². The van der Waals surface area contributed by atoms with Gasteiger partial charge in [-0.1, -0.05) is 26.8 Å². The zero-order chi connectivity index (χ0) is 30.8. The van der Waals surface area contributed by atoms with E-state index >= 15 is 0 Å². The minimum atomic E-state index is -5.08. The minimum absolute atomic E-state index is 0.0824. The lowest BCUT2D eigenvalue weighted by Gasteiger charge is -2.27. The molecule has 0 aliphatic carbocycles. The summed E-state index contributed by atoms with van der Waals surface area (Å²) in [5.41, 5.74) is 2.38. The van der Waals surface area contributed by atoms with Crippen molar-refractivity contribution < 1.29 is 32.6 Å². The van der Waals surface area contributed by atoms with Crippen LogP contribution in [0.5, 0.6) is 0 Å². The Morgan fingerprint density at radius 2 is 1.83 bits per heavy atom. The van der Waals surface area contributed by atoms with Gasteiger partial charge in [0, 0.05) is 51.1 Å². The van der Waals surface area contributed by atoms with E-state index in [-0.39, 0.29) is 17.4 Å². The van der Waals surface area contributed by atoms with Crippen molar-refractivity contribution in [2.75, 3.05) is 62.5 Å². The van der Waals surface area contributed by atoms with Crippen molar-refractivity contribution in [2.24, 2.45) is 5.41 Å². The second kappa shape index (κ2) is 14.8. The topological polar surface area (TPSA) is 154 Å². The second-order valence-corrected chi connectivity index (χ2v) is 10.7. The molecular weight excluding hydrogens is 545 g/mol. The number of carbonyl (C=O) groups is 2. The summed E-state index contributed by atoms with van der Waals surface area (Å²) in [6, 6.07) is 5.80. The fourth-order valence-corrected chi connectivity index (χ4v) is 3.79. The monoisotopic (exact) mass is 584 g/mol. The second-order valence-electron chi connectivity index (χ2n) is 10.7. The largest absolute Gasteiger partial charge is 0.490 e. The number of carbonyl (C=O) groups excluding carboxylic acids is 1. The van der Waals surface area contributed by atoms with E-state index in [4.69, 9.17) is 14.6 Å². The first-order chi connectivity index (χ1) is 19.1. The summed E-state index contributed by atoms with van der Waals surface area (Å²) >= 11 is 0. The van der Waals surface area contributed by atoms with Gasteiger partial charge in [0.05, 0.1) is 6.61 Å². The summed E-state index contributed by atoms with van der Waals surface area (Å²) in [5.74, 6) is -1.36. The van der Waals surface area contributed by atoms with E-state index in [0.29, 0.717) is 36.6 Å². The lowest BCUT2D eigenvalue weighted by atomic mass is 9.96. The van der Waals surface area contributed by atoms with Crippen molar-refractivity contribution in [1.82, 2.24) is 25.6 Å². The van der Waals surface area contributed by atoms with Crippen molar-refractivity contribution in [3.05, 3.63) is 29.3 Å². The van der Waals surface area contributed by atoms with Crippen LogP contribution in [-0.2, 0) is 9.53 Å². The number of amides is 1. The summed E-state index contributed by atoms with van der Waals surface area (Å²) in [6.45, 7) is 12.1. The predicted octanol–water partition coefficient (Wildman–Crippen LogP) is 3.19. The molecule has 1 saturated heterocycles. The fraction of sp³-hybridized carbons (Fsp3) is 0.577. The van der Waals surface area contributed by atoms with Crippen LogP contribution < -0.4 is 26.2 Å². The molecule has 12 nitrogen and oxygen atoms in total. The van der Waals surface area contributed by atoms with E-state index in [1.54, 1.807) is 13.2 Å². The molecule has 0 spiro atoms. The molecule has 0 radical (unpaired) electrons. The first-order valence-electron chi connectivity index (χ1n) is 13.0. The van der Waals surface area contributed by atoms with Crippen molar-refractivity contribution in [1.29, 1.82) is 0 Å². The maximum absolute atomic E-state index is 12.5. The number of carboxylic acids is 1. The Morgan fingerprint density at radius 1 is 1.17 bits per heavy atom. The molecule has 1 fully saturated rings. The van der Waals surface area contributed by atoms with Crippen LogP contribution in [0, 0.1) is 12.3 Å². The number of anilines is 4. The molecule has 1 atom stereocenters. The number of nitrogens with zero attached hydrogens (tertiary/aromatic N) is 4. The standard InChI is InChI=1S/C24H38N8O2.C2HF3O2/c1-16-7-8-17(20(33)26-11-12-34-6)13-19(16)28-22-29-21(27-18-9-10-25-14-18)30-23(31-22)32(5)15-24(2,3)4;3-2(4,5)1(6)7/h7-8,13,18,25H,9-12,14-15H2,1-6H3,(H,26,33)(H2,27,28,29,30,31);(H,6,7)/t18-;/m1./s1. The van der Waals surface area contributed by atoms with E-state index in [1.165, 1.54) is 0 Å². The first-order valence-corrected chi connectivity index (χ1v) is 13.0. The molecular formula is C26H39F3N8O4. The quantitative estimate of drug-likeness (QED) is 0.262. The van der Waals surface area contributed by atoms with Crippen LogP contribution in [0.25, 0.3) is 0 Å². The number of benzene rings is 1. The molecule has 1 amide bonds. The minimum Gasteiger partial charge on any atom is -0.475 e. The molecule has 0 saturated carbocycles. The Balaban J connectivity index is 0.000000745.